The van der Waals surface area contributed by atoms with E-state index in [4.69, 9.17) is 30.2 Å². The van der Waals surface area contributed by atoms with E-state index in [2.05, 4.69) is 5.32 Å². The van der Waals surface area contributed by atoms with Crippen molar-refractivity contribution in [2.24, 2.45) is 0 Å². The minimum atomic E-state index is -1.22. The summed E-state index contributed by atoms with van der Waals surface area (Å²) >= 11 is 6.13. The Bertz CT molecular complexity index is 1130. The first-order valence-corrected chi connectivity index (χ1v) is 12.1. The number of halogens is 1. The monoisotopic (exact) mass is 491 g/mol. The molecule has 1 amide bonds. The van der Waals surface area contributed by atoms with Crippen molar-refractivity contribution in [3.05, 3.63) is 76.2 Å². The molecule has 1 N–H and O–H groups in total. The highest BCUT2D eigenvalue weighted by Gasteiger charge is 2.17. The van der Waals surface area contributed by atoms with Crippen LogP contribution in [-0.4, -0.2) is 38.0 Å². The summed E-state index contributed by atoms with van der Waals surface area (Å²) in [4.78, 5) is 12.5. The fourth-order valence-electron chi connectivity index (χ4n) is 3.33. The van der Waals surface area contributed by atoms with Crippen molar-refractivity contribution < 1.29 is 27.6 Å². The molecule has 0 aliphatic rings. The van der Waals surface area contributed by atoms with Crippen LogP contribution in [-0.2, 0) is 28.7 Å². The van der Waals surface area contributed by atoms with Crippen molar-refractivity contribution in [1.29, 1.82) is 0 Å². The summed E-state index contributed by atoms with van der Waals surface area (Å²) in [6, 6.07) is 14.2. The van der Waals surface area contributed by atoms with E-state index in [1.807, 2.05) is 24.3 Å². The highest BCUT2D eigenvalue weighted by atomic mass is 35.5. The van der Waals surface area contributed by atoms with Crippen molar-refractivity contribution in [2.75, 3.05) is 27.9 Å². The molecular formula is C24H26ClNO6S. The van der Waals surface area contributed by atoms with Gasteiger partial charge in [0.15, 0.2) is 17.3 Å². The topological polar surface area (TPSA) is 87.0 Å². The number of benzene rings is 2. The lowest BCUT2D eigenvalue weighted by molar-refractivity contribution is 0.0925. The molecule has 33 heavy (non-hydrogen) atoms. The van der Waals surface area contributed by atoms with Crippen LogP contribution in [0.1, 0.15) is 27.4 Å². The van der Waals surface area contributed by atoms with Crippen molar-refractivity contribution in [3.63, 3.8) is 0 Å². The zero-order chi connectivity index (χ0) is 23.8. The first-order chi connectivity index (χ1) is 16.0. The lowest BCUT2D eigenvalue weighted by Gasteiger charge is -2.15. The van der Waals surface area contributed by atoms with E-state index in [1.165, 1.54) is 0 Å². The number of ether oxygens (including phenoxy) is 3. The van der Waals surface area contributed by atoms with E-state index in [9.17, 15) is 9.00 Å². The molecule has 0 bridgehead atoms. The first-order valence-electron chi connectivity index (χ1n) is 10.2. The van der Waals surface area contributed by atoms with Gasteiger partial charge >= 0.3 is 0 Å². The molecule has 9 heteroatoms. The first kappa shape index (κ1) is 24.7. The molecule has 0 saturated heterocycles. The Morgan fingerprint density at radius 1 is 0.939 bits per heavy atom. The van der Waals surface area contributed by atoms with Crippen LogP contribution >= 0.6 is 11.6 Å². The fraction of sp³-hybridized carbons (Fsp3) is 0.292. The SMILES string of the molecule is COc1ccc(CCNC(=O)c2ccc(CS(=O)Cc3ccccc3Cl)o2)c(OC)c1OC. The van der Waals surface area contributed by atoms with Crippen molar-refractivity contribution in [2.45, 2.75) is 17.9 Å². The molecule has 0 aliphatic heterocycles. The van der Waals surface area contributed by atoms with Crippen molar-refractivity contribution >= 4 is 28.3 Å². The van der Waals surface area contributed by atoms with Crippen LogP contribution in [0, 0.1) is 0 Å². The molecule has 176 valence electrons. The predicted molar refractivity (Wildman–Crippen MR) is 128 cm³/mol. The van der Waals surface area contributed by atoms with Gasteiger partial charge in [0, 0.05) is 27.9 Å². The van der Waals surface area contributed by atoms with Crippen LogP contribution in [0.25, 0.3) is 0 Å². The molecule has 3 rings (SSSR count). The summed E-state index contributed by atoms with van der Waals surface area (Å²) in [5, 5.41) is 3.41. The number of hydrogen-bond donors (Lipinski definition) is 1. The van der Waals surface area contributed by atoms with Gasteiger partial charge in [0.2, 0.25) is 5.75 Å². The summed E-state index contributed by atoms with van der Waals surface area (Å²) in [6.45, 7) is 0.360. The molecule has 0 spiro atoms. The Morgan fingerprint density at radius 3 is 2.39 bits per heavy atom. The lowest BCUT2D eigenvalue weighted by atomic mass is 10.1. The predicted octanol–water partition coefficient (Wildman–Crippen LogP) is 4.38. The minimum Gasteiger partial charge on any atom is -0.493 e. The number of furan rings is 1. The molecule has 3 aromatic rings. The van der Waals surface area contributed by atoms with Gasteiger partial charge in [-0.25, -0.2) is 0 Å². The number of methoxy groups -OCH3 is 3. The number of hydrogen-bond acceptors (Lipinski definition) is 6. The Balaban J connectivity index is 1.55. The van der Waals surface area contributed by atoms with E-state index in [0.717, 1.165) is 11.1 Å². The van der Waals surface area contributed by atoms with Crippen LogP contribution < -0.4 is 19.5 Å². The molecule has 2 aromatic carbocycles. The molecule has 0 aliphatic carbocycles. The molecule has 0 radical (unpaired) electrons. The molecule has 1 atom stereocenters. The second-order valence-electron chi connectivity index (χ2n) is 7.09. The van der Waals surface area contributed by atoms with Crippen LogP contribution in [0.3, 0.4) is 0 Å². The quantitative estimate of drug-likeness (QED) is 0.428. The summed E-state index contributed by atoms with van der Waals surface area (Å²) in [7, 11) is 3.44. The number of carbonyl (C=O) groups excluding carboxylic acids is 1. The number of carbonyl (C=O) groups is 1. The number of amides is 1. The lowest BCUT2D eigenvalue weighted by Crippen LogP contribution is -2.25. The van der Waals surface area contributed by atoms with Gasteiger partial charge in [-0.05, 0) is 36.2 Å². The molecule has 0 saturated carbocycles. The van der Waals surface area contributed by atoms with Gasteiger partial charge in [-0.1, -0.05) is 35.9 Å². The Kier molecular flexibility index (Phi) is 8.79. The van der Waals surface area contributed by atoms with Gasteiger partial charge in [-0.15, -0.1) is 0 Å². The zero-order valence-corrected chi connectivity index (χ0v) is 20.3. The van der Waals surface area contributed by atoms with Gasteiger partial charge in [0.05, 0.1) is 32.8 Å². The summed E-state index contributed by atoms with van der Waals surface area (Å²) in [5.74, 6) is 2.44. The molecule has 0 fully saturated rings. The Labute approximate surface area is 200 Å². The number of nitrogens with one attached hydrogen (secondary N) is 1. The highest BCUT2D eigenvalue weighted by Crippen LogP contribution is 2.39. The minimum absolute atomic E-state index is 0.166. The normalized spacial score (nSPS) is 11.6. The molecule has 1 aromatic heterocycles. The molecule has 7 nitrogen and oxygen atoms in total. The zero-order valence-electron chi connectivity index (χ0n) is 18.7. The van der Waals surface area contributed by atoms with Crippen molar-refractivity contribution in [1.82, 2.24) is 5.32 Å². The summed E-state index contributed by atoms with van der Waals surface area (Å²) in [6.07, 6.45) is 0.519. The van der Waals surface area contributed by atoms with E-state index < -0.39 is 10.8 Å². The maximum Gasteiger partial charge on any atom is 0.287 e. The molecule has 1 unspecified atom stereocenters. The van der Waals surface area contributed by atoms with Gasteiger partial charge in [0.25, 0.3) is 5.91 Å². The molecular weight excluding hydrogens is 466 g/mol. The van der Waals surface area contributed by atoms with Gasteiger partial charge in [-0.3, -0.25) is 9.00 Å². The van der Waals surface area contributed by atoms with Crippen LogP contribution in [0.15, 0.2) is 52.9 Å². The fourth-order valence-corrected chi connectivity index (χ4v) is 4.79. The average Bonchev–Trinajstić information content (AvgIpc) is 3.28. The van der Waals surface area contributed by atoms with E-state index >= 15 is 0 Å². The van der Waals surface area contributed by atoms with Gasteiger partial charge < -0.3 is 23.9 Å². The maximum absolute atomic E-state index is 12.5. The van der Waals surface area contributed by atoms with Crippen molar-refractivity contribution in [3.8, 4) is 17.2 Å². The second-order valence-corrected chi connectivity index (χ2v) is 8.95. The second kappa shape index (κ2) is 11.8. The molecule has 1 heterocycles. The Hall–Kier alpha value is -2.97. The third-order valence-electron chi connectivity index (χ3n) is 4.93. The number of rotatable bonds is 11. The van der Waals surface area contributed by atoms with E-state index in [1.54, 1.807) is 45.6 Å². The van der Waals surface area contributed by atoms with E-state index in [-0.39, 0.29) is 17.4 Å². The highest BCUT2D eigenvalue weighted by molar-refractivity contribution is 7.83. The van der Waals surface area contributed by atoms with Gasteiger partial charge in [0.1, 0.15) is 5.76 Å². The third kappa shape index (κ3) is 6.30. The van der Waals surface area contributed by atoms with Crippen LogP contribution in [0.4, 0.5) is 0 Å². The summed E-state index contributed by atoms with van der Waals surface area (Å²) < 4.78 is 34.2. The van der Waals surface area contributed by atoms with Crippen LogP contribution in [0.2, 0.25) is 5.02 Å². The standard InChI is InChI=1S/C24H26ClNO6S/c1-29-20-10-8-16(22(30-2)23(20)31-3)12-13-26-24(27)21-11-9-18(32-21)15-33(28)14-17-6-4-5-7-19(17)25/h4-11H,12-15H2,1-3H3,(H,26,27). The average molecular weight is 492 g/mol. The Morgan fingerprint density at radius 2 is 1.70 bits per heavy atom. The third-order valence-corrected chi connectivity index (χ3v) is 6.54. The summed E-state index contributed by atoms with van der Waals surface area (Å²) in [5.41, 5.74) is 1.68. The van der Waals surface area contributed by atoms with Gasteiger partial charge in [-0.2, -0.15) is 0 Å². The smallest absolute Gasteiger partial charge is 0.287 e. The largest absolute Gasteiger partial charge is 0.493 e. The maximum atomic E-state index is 12.5. The van der Waals surface area contributed by atoms with E-state index in [0.29, 0.717) is 46.7 Å². The van der Waals surface area contributed by atoms with Crippen LogP contribution in [0.5, 0.6) is 17.2 Å².